The van der Waals surface area contributed by atoms with Gasteiger partial charge in [0.2, 0.25) is 5.88 Å². The van der Waals surface area contributed by atoms with Crippen molar-refractivity contribution in [2.75, 3.05) is 25.1 Å². The SMILES string of the molecule is CCn1cc(O[C@@H]2CN(c3nc(C)nc(OC)c3C)C[C@H]2O)cn1. The lowest BCUT2D eigenvalue weighted by Crippen LogP contribution is -2.29. The third kappa shape index (κ3) is 3.14. The van der Waals surface area contributed by atoms with Gasteiger partial charge in [0.15, 0.2) is 5.75 Å². The number of aryl methyl sites for hydroxylation is 2. The average molecular weight is 333 g/mol. The molecule has 1 N–H and O–H groups in total. The van der Waals surface area contributed by atoms with Gasteiger partial charge in [-0.05, 0) is 20.8 Å². The molecular weight excluding hydrogens is 310 g/mol. The Morgan fingerprint density at radius 1 is 1.29 bits per heavy atom. The van der Waals surface area contributed by atoms with Crippen molar-refractivity contribution in [1.29, 1.82) is 0 Å². The summed E-state index contributed by atoms with van der Waals surface area (Å²) >= 11 is 0. The normalized spacial score (nSPS) is 20.5. The van der Waals surface area contributed by atoms with Crippen LogP contribution in [0.3, 0.4) is 0 Å². The zero-order valence-electron chi connectivity index (χ0n) is 14.4. The van der Waals surface area contributed by atoms with E-state index in [4.69, 9.17) is 9.47 Å². The first kappa shape index (κ1) is 16.5. The van der Waals surface area contributed by atoms with Crippen molar-refractivity contribution in [3.63, 3.8) is 0 Å². The molecule has 3 heterocycles. The van der Waals surface area contributed by atoms with Crippen molar-refractivity contribution in [2.45, 2.75) is 39.5 Å². The summed E-state index contributed by atoms with van der Waals surface area (Å²) in [6, 6.07) is 0. The van der Waals surface area contributed by atoms with Gasteiger partial charge in [-0.3, -0.25) is 4.68 Å². The van der Waals surface area contributed by atoms with Gasteiger partial charge >= 0.3 is 0 Å². The first-order chi connectivity index (χ1) is 11.5. The lowest BCUT2D eigenvalue weighted by Gasteiger charge is -2.20. The summed E-state index contributed by atoms with van der Waals surface area (Å²) in [6.45, 7) is 7.52. The van der Waals surface area contributed by atoms with Crippen LogP contribution in [0.25, 0.3) is 0 Å². The molecule has 0 bridgehead atoms. The summed E-state index contributed by atoms with van der Waals surface area (Å²) in [5, 5.41) is 14.6. The molecular formula is C16H23N5O3. The molecule has 0 unspecified atom stereocenters. The van der Waals surface area contributed by atoms with E-state index < -0.39 is 6.10 Å². The summed E-state index contributed by atoms with van der Waals surface area (Å²) in [5.74, 6) is 2.63. The second kappa shape index (κ2) is 6.64. The number of methoxy groups -OCH3 is 1. The number of aliphatic hydroxyl groups excluding tert-OH is 1. The first-order valence-corrected chi connectivity index (χ1v) is 8.03. The number of ether oxygens (including phenoxy) is 2. The number of anilines is 1. The van der Waals surface area contributed by atoms with Crippen molar-refractivity contribution >= 4 is 5.82 Å². The predicted molar refractivity (Wildman–Crippen MR) is 88.6 cm³/mol. The maximum atomic E-state index is 10.4. The van der Waals surface area contributed by atoms with E-state index in [2.05, 4.69) is 15.1 Å². The molecule has 0 aromatic carbocycles. The van der Waals surface area contributed by atoms with Crippen LogP contribution >= 0.6 is 0 Å². The number of rotatable bonds is 5. The highest BCUT2D eigenvalue weighted by atomic mass is 16.5. The molecule has 2 aromatic heterocycles. The van der Waals surface area contributed by atoms with Gasteiger partial charge in [0.25, 0.3) is 0 Å². The Morgan fingerprint density at radius 3 is 2.75 bits per heavy atom. The zero-order valence-corrected chi connectivity index (χ0v) is 14.4. The van der Waals surface area contributed by atoms with Gasteiger partial charge in [0, 0.05) is 13.1 Å². The van der Waals surface area contributed by atoms with Crippen LogP contribution in [0.5, 0.6) is 11.6 Å². The molecule has 1 aliphatic heterocycles. The molecule has 0 aliphatic carbocycles. The molecule has 0 amide bonds. The molecule has 0 saturated carbocycles. The minimum Gasteiger partial charge on any atom is -0.482 e. The van der Waals surface area contributed by atoms with Gasteiger partial charge in [0.1, 0.15) is 23.9 Å². The second-order valence-corrected chi connectivity index (χ2v) is 5.89. The lowest BCUT2D eigenvalue weighted by atomic mass is 10.2. The highest BCUT2D eigenvalue weighted by Crippen LogP contribution is 2.29. The lowest BCUT2D eigenvalue weighted by molar-refractivity contribution is 0.0737. The average Bonchev–Trinajstić information content (AvgIpc) is 3.16. The highest BCUT2D eigenvalue weighted by Gasteiger charge is 2.35. The molecule has 3 rings (SSSR count). The van der Waals surface area contributed by atoms with Crippen LogP contribution in [0, 0.1) is 13.8 Å². The van der Waals surface area contributed by atoms with E-state index in [0.717, 1.165) is 17.9 Å². The maximum absolute atomic E-state index is 10.4. The molecule has 8 heteroatoms. The number of hydrogen-bond donors (Lipinski definition) is 1. The minimum atomic E-state index is -0.601. The molecule has 130 valence electrons. The quantitative estimate of drug-likeness (QED) is 0.872. The third-order valence-electron chi connectivity index (χ3n) is 4.14. The van der Waals surface area contributed by atoms with Gasteiger partial charge in [-0.15, -0.1) is 0 Å². The molecule has 0 radical (unpaired) electrons. The van der Waals surface area contributed by atoms with E-state index in [-0.39, 0.29) is 6.10 Å². The van der Waals surface area contributed by atoms with Crippen molar-refractivity contribution in [1.82, 2.24) is 19.7 Å². The van der Waals surface area contributed by atoms with E-state index in [0.29, 0.717) is 30.5 Å². The van der Waals surface area contributed by atoms with E-state index in [9.17, 15) is 5.11 Å². The van der Waals surface area contributed by atoms with Crippen LogP contribution in [0.4, 0.5) is 5.82 Å². The third-order valence-corrected chi connectivity index (χ3v) is 4.14. The summed E-state index contributed by atoms with van der Waals surface area (Å²) < 4.78 is 13.0. The van der Waals surface area contributed by atoms with Crippen molar-refractivity contribution in [3.05, 3.63) is 23.8 Å². The number of β-amino-alcohol motifs (C(OH)–C–C–N with tert-alkyl or cyclic N) is 1. The van der Waals surface area contributed by atoms with E-state index in [1.807, 2.05) is 31.9 Å². The molecule has 0 spiro atoms. The summed E-state index contributed by atoms with van der Waals surface area (Å²) in [5.41, 5.74) is 0.856. The van der Waals surface area contributed by atoms with Gasteiger partial charge in [0.05, 0.1) is 31.6 Å². The zero-order chi connectivity index (χ0) is 17.3. The molecule has 2 aromatic rings. The minimum absolute atomic E-state index is 0.333. The Balaban J connectivity index is 1.77. The Morgan fingerprint density at radius 2 is 2.08 bits per heavy atom. The number of nitrogens with zero attached hydrogens (tertiary/aromatic N) is 5. The first-order valence-electron chi connectivity index (χ1n) is 8.03. The van der Waals surface area contributed by atoms with Crippen LogP contribution < -0.4 is 14.4 Å². The predicted octanol–water partition coefficient (Wildman–Crippen LogP) is 0.947. The fourth-order valence-corrected chi connectivity index (χ4v) is 2.89. The standard InChI is InChI=1S/C16H23N5O3/c1-5-21-7-12(6-17-21)24-14-9-20(8-13(14)22)15-10(2)16(23-4)19-11(3)18-15/h6-7,13-14,22H,5,8-9H2,1-4H3/t13-,14-/m1/s1. The van der Waals surface area contributed by atoms with Crippen molar-refractivity contribution in [3.8, 4) is 11.6 Å². The van der Waals surface area contributed by atoms with Crippen molar-refractivity contribution in [2.24, 2.45) is 0 Å². The van der Waals surface area contributed by atoms with Gasteiger partial charge in [-0.2, -0.15) is 10.1 Å². The van der Waals surface area contributed by atoms with Crippen LogP contribution in [0.15, 0.2) is 12.4 Å². The summed E-state index contributed by atoms with van der Waals surface area (Å²) in [7, 11) is 1.59. The fraction of sp³-hybridized carbons (Fsp3) is 0.562. The van der Waals surface area contributed by atoms with Crippen LogP contribution in [0.1, 0.15) is 18.3 Å². The number of aromatic nitrogens is 4. The summed E-state index contributed by atoms with van der Waals surface area (Å²) in [6.07, 6.45) is 2.57. The van der Waals surface area contributed by atoms with E-state index >= 15 is 0 Å². The Bertz CT molecular complexity index is 718. The molecule has 1 fully saturated rings. The molecule has 24 heavy (non-hydrogen) atoms. The topological polar surface area (TPSA) is 85.5 Å². The molecule has 8 nitrogen and oxygen atoms in total. The molecule has 1 aliphatic rings. The van der Waals surface area contributed by atoms with Gasteiger partial charge < -0.3 is 19.5 Å². The monoisotopic (exact) mass is 333 g/mol. The maximum Gasteiger partial charge on any atom is 0.221 e. The highest BCUT2D eigenvalue weighted by molar-refractivity contribution is 5.52. The van der Waals surface area contributed by atoms with Crippen LogP contribution in [-0.2, 0) is 6.54 Å². The Labute approximate surface area is 141 Å². The van der Waals surface area contributed by atoms with Crippen LogP contribution in [-0.4, -0.2) is 57.3 Å². The number of hydrogen-bond acceptors (Lipinski definition) is 7. The Kier molecular flexibility index (Phi) is 4.57. The number of aliphatic hydroxyl groups is 1. The van der Waals surface area contributed by atoms with E-state index in [1.165, 1.54) is 0 Å². The van der Waals surface area contributed by atoms with Gasteiger partial charge in [-0.1, -0.05) is 0 Å². The van der Waals surface area contributed by atoms with Crippen LogP contribution in [0.2, 0.25) is 0 Å². The molecule has 2 atom stereocenters. The Hall–Kier alpha value is -2.35. The van der Waals surface area contributed by atoms with E-state index in [1.54, 1.807) is 18.0 Å². The second-order valence-electron chi connectivity index (χ2n) is 5.89. The summed E-state index contributed by atoms with van der Waals surface area (Å²) in [4.78, 5) is 10.8. The smallest absolute Gasteiger partial charge is 0.221 e. The fourth-order valence-electron chi connectivity index (χ4n) is 2.89. The molecule has 1 saturated heterocycles. The van der Waals surface area contributed by atoms with Gasteiger partial charge in [-0.25, -0.2) is 4.98 Å². The van der Waals surface area contributed by atoms with Crippen molar-refractivity contribution < 1.29 is 14.6 Å². The largest absolute Gasteiger partial charge is 0.482 e.